The predicted molar refractivity (Wildman–Crippen MR) is 83.1 cm³/mol. The number of rotatable bonds is 0. The van der Waals surface area contributed by atoms with E-state index in [1.165, 1.54) is 5.57 Å². The van der Waals surface area contributed by atoms with Gasteiger partial charge in [-0.25, -0.2) is 0 Å². The number of carbonyl (C=O) groups is 2. The van der Waals surface area contributed by atoms with Crippen molar-refractivity contribution in [3.8, 4) is 0 Å². The number of ketones is 2. The molecule has 3 nitrogen and oxygen atoms in total. The first kappa shape index (κ1) is 14.6. The van der Waals surface area contributed by atoms with Gasteiger partial charge >= 0.3 is 0 Å². The molecule has 1 unspecified atom stereocenters. The number of fused-ring (bicyclic) bond motifs is 5. The maximum Gasteiger partial charge on any atom is 0.155 e. The minimum Gasteiger partial charge on any atom is -0.392 e. The monoisotopic (exact) mass is 302 g/mol. The molecule has 0 heterocycles. The van der Waals surface area contributed by atoms with Crippen LogP contribution in [0.4, 0.5) is 0 Å². The second-order valence-corrected chi connectivity index (χ2v) is 8.54. The molecule has 0 amide bonds. The molecular weight excluding hydrogens is 276 g/mol. The van der Waals surface area contributed by atoms with E-state index in [1.54, 1.807) is 0 Å². The van der Waals surface area contributed by atoms with E-state index in [0.717, 1.165) is 32.1 Å². The van der Waals surface area contributed by atoms with Gasteiger partial charge < -0.3 is 5.11 Å². The Morgan fingerprint density at radius 3 is 2.64 bits per heavy atom. The Balaban J connectivity index is 1.73. The summed E-state index contributed by atoms with van der Waals surface area (Å²) in [4.78, 5) is 24.2. The number of aliphatic hydroxyl groups excluding tert-OH is 1. The molecule has 120 valence electrons. The fourth-order valence-corrected chi connectivity index (χ4v) is 6.39. The predicted octanol–water partition coefficient (Wildman–Crippen LogP) is 3.06. The summed E-state index contributed by atoms with van der Waals surface area (Å²) in [6, 6.07) is 0. The minimum atomic E-state index is -0.454. The van der Waals surface area contributed by atoms with Crippen molar-refractivity contribution in [3.05, 3.63) is 11.6 Å². The highest BCUT2D eigenvalue weighted by Crippen LogP contribution is 2.64. The van der Waals surface area contributed by atoms with E-state index in [2.05, 4.69) is 13.8 Å². The van der Waals surface area contributed by atoms with Gasteiger partial charge in [-0.15, -0.1) is 0 Å². The van der Waals surface area contributed by atoms with Crippen LogP contribution in [0.2, 0.25) is 0 Å². The molecule has 3 heteroatoms. The highest BCUT2D eigenvalue weighted by Gasteiger charge is 2.61. The van der Waals surface area contributed by atoms with Crippen LogP contribution >= 0.6 is 0 Å². The number of hydrogen-bond acceptors (Lipinski definition) is 3. The molecule has 6 atom stereocenters. The van der Waals surface area contributed by atoms with Crippen molar-refractivity contribution in [3.63, 3.8) is 0 Å². The van der Waals surface area contributed by atoms with Crippen LogP contribution in [0.25, 0.3) is 0 Å². The lowest BCUT2D eigenvalue weighted by atomic mass is 9.47. The Hall–Kier alpha value is -0.960. The SMILES string of the molecule is C[C@]12CCC(=O)C=C1CC[C@@H]1[C@H]2CC[C@]2(C)C(=O)CC(O)[C@@H]12. The molecule has 22 heavy (non-hydrogen) atoms. The Labute approximate surface area is 132 Å². The number of Topliss-reactive ketones (excluding diaryl/α,β-unsaturated/α-hetero) is 1. The zero-order valence-electron chi connectivity index (χ0n) is 13.6. The standard InChI is InChI=1S/C19H26O3/c1-18-7-5-12(20)9-11(18)3-4-13-14(18)6-8-19(2)16(22)10-15(21)17(13)19/h9,13-15,17,21H,3-8,10H2,1-2H3/t13-,14-,15?,17-,18+,19-/m1/s1. The fourth-order valence-electron chi connectivity index (χ4n) is 6.39. The van der Waals surface area contributed by atoms with Gasteiger partial charge in [0.05, 0.1) is 6.10 Å². The van der Waals surface area contributed by atoms with Gasteiger partial charge in [-0.2, -0.15) is 0 Å². The summed E-state index contributed by atoms with van der Waals surface area (Å²) < 4.78 is 0. The van der Waals surface area contributed by atoms with E-state index in [0.29, 0.717) is 24.7 Å². The van der Waals surface area contributed by atoms with Gasteiger partial charge in [0.1, 0.15) is 5.78 Å². The summed E-state index contributed by atoms with van der Waals surface area (Å²) in [5, 5.41) is 10.5. The molecule has 1 N–H and O–H groups in total. The third-order valence-electron chi connectivity index (χ3n) is 7.66. The van der Waals surface area contributed by atoms with Crippen molar-refractivity contribution in [1.82, 2.24) is 0 Å². The topological polar surface area (TPSA) is 54.4 Å². The molecule has 0 bridgehead atoms. The Kier molecular flexibility index (Phi) is 3.01. The number of aliphatic hydroxyl groups is 1. The molecule has 3 fully saturated rings. The highest BCUT2D eigenvalue weighted by atomic mass is 16.3. The minimum absolute atomic E-state index is 0.115. The van der Waals surface area contributed by atoms with Crippen molar-refractivity contribution < 1.29 is 14.7 Å². The van der Waals surface area contributed by atoms with Crippen LogP contribution in [0.3, 0.4) is 0 Å². The molecule has 4 aliphatic carbocycles. The van der Waals surface area contributed by atoms with Gasteiger partial charge in [-0.3, -0.25) is 9.59 Å². The highest BCUT2D eigenvalue weighted by molar-refractivity contribution is 5.91. The Bertz CT molecular complexity index is 577. The third-order valence-corrected chi connectivity index (χ3v) is 7.66. The lowest BCUT2D eigenvalue weighted by Crippen LogP contribution is -2.52. The quantitative estimate of drug-likeness (QED) is 0.748. The molecule has 0 aromatic heterocycles. The second-order valence-electron chi connectivity index (χ2n) is 8.54. The van der Waals surface area contributed by atoms with E-state index in [9.17, 15) is 14.7 Å². The van der Waals surface area contributed by atoms with Crippen molar-refractivity contribution in [2.45, 2.75) is 64.9 Å². The molecule has 0 aromatic carbocycles. The molecule has 4 rings (SSSR count). The zero-order valence-corrected chi connectivity index (χ0v) is 13.6. The largest absolute Gasteiger partial charge is 0.392 e. The molecule has 0 aliphatic heterocycles. The van der Waals surface area contributed by atoms with Crippen LogP contribution in [0, 0.1) is 28.6 Å². The first-order valence-electron chi connectivity index (χ1n) is 8.81. The van der Waals surface area contributed by atoms with Gasteiger partial charge in [0, 0.05) is 24.2 Å². The van der Waals surface area contributed by atoms with E-state index >= 15 is 0 Å². The summed E-state index contributed by atoms with van der Waals surface area (Å²) in [6.07, 6.45) is 7.39. The van der Waals surface area contributed by atoms with Crippen molar-refractivity contribution >= 4 is 11.6 Å². The van der Waals surface area contributed by atoms with E-state index < -0.39 is 6.10 Å². The van der Waals surface area contributed by atoms with Crippen molar-refractivity contribution in [2.24, 2.45) is 28.6 Å². The van der Waals surface area contributed by atoms with Crippen molar-refractivity contribution in [2.75, 3.05) is 0 Å². The van der Waals surface area contributed by atoms with Gasteiger partial charge in [0.15, 0.2) is 5.78 Å². The summed E-state index contributed by atoms with van der Waals surface area (Å²) >= 11 is 0. The van der Waals surface area contributed by atoms with E-state index in [-0.39, 0.29) is 28.3 Å². The van der Waals surface area contributed by atoms with Crippen LogP contribution < -0.4 is 0 Å². The molecule has 0 aromatic rings. The van der Waals surface area contributed by atoms with Gasteiger partial charge in [0.2, 0.25) is 0 Å². The summed E-state index contributed by atoms with van der Waals surface area (Å²) in [7, 11) is 0. The van der Waals surface area contributed by atoms with Gasteiger partial charge in [-0.05, 0) is 55.4 Å². The zero-order chi connectivity index (χ0) is 15.7. The lowest BCUT2D eigenvalue weighted by molar-refractivity contribution is -0.133. The fraction of sp³-hybridized carbons (Fsp3) is 0.789. The molecule has 0 saturated heterocycles. The van der Waals surface area contributed by atoms with Crippen LogP contribution in [0.15, 0.2) is 11.6 Å². The Morgan fingerprint density at radius 2 is 1.86 bits per heavy atom. The summed E-state index contributed by atoms with van der Waals surface area (Å²) in [5.41, 5.74) is 1.15. The maximum absolute atomic E-state index is 12.4. The van der Waals surface area contributed by atoms with Gasteiger partial charge in [0.25, 0.3) is 0 Å². The van der Waals surface area contributed by atoms with Gasteiger partial charge in [-0.1, -0.05) is 19.4 Å². The molecule has 4 aliphatic rings. The van der Waals surface area contributed by atoms with Crippen LogP contribution in [-0.4, -0.2) is 22.8 Å². The molecule has 3 saturated carbocycles. The average molecular weight is 302 g/mol. The first-order chi connectivity index (χ1) is 10.4. The maximum atomic E-state index is 12.4. The lowest BCUT2D eigenvalue weighted by Gasteiger charge is -2.57. The van der Waals surface area contributed by atoms with Crippen LogP contribution in [0.5, 0.6) is 0 Å². The number of carbonyl (C=O) groups excluding carboxylic acids is 2. The smallest absolute Gasteiger partial charge is 0.155 e. The van der Waals surface area contributed by atoms with Crippen LogP contribution in [-0.2, 0) is 9.59 Å². The molecule has 0 radical (unpaired) electrons. The van der Waals surface area contributed by atoms with E-state index in [4.69, 9.17) is 0 Å². The summed E-state index contributed by atoms with van der Waals surface area (Å²) in [5.74, 6) is 1.65. The average Bonchev–Trinajstić information content (AvgIpc) is 2.70. The Morgan fingerprint density at radius 1 is 1.09 bits per heavy atom. The molecule has 0 spiro atoms. The third kappa shape index (κ3) is 1.72. The second kappa shape index (κ2) is 4.53. The summed E-state index contributed by atoms with van der Waals surface area (Å²) in [6.45, 7) is 4.42. The van der Waals surface area contributed by atoms with Crippen molar-refractivity contribution in [1.29, 1.82) is 0 Å². The molecular formula is C19H26O3. The number of allylic oxidation sites excluding steroid dienone is 1. The van der Waals surface area contributed by atoms with Crippen LogP contribution in [0.1, 0.15) is 58.8 Å². The van der Waals surface area contributed by atoms with E-state index in [1.807, 2.05) is 6.08 Å². The normalized spacial score (nSPS) is 51.0. The number of hydrogen-bond donors (Lipinski definition) is 1. The first-order valence-corrected chi connectivity index (χ1v) is 8.81.